The molecule has 0 radical (unpaired) electrons. The van der Waals surface area contributed by atoms with E-state index < -0.39 is 5.60 Å². The van der Waals surface area contributed by atoms with Gasteiger partial charge in [0.05, 0.1) is 0 Å². The van der Waals surface area contributed by atoms with E-state index in [0.717, 1.165) is 0 Å². The number of halogens is 2. The van der Waals surface area contributed by atoms with Crippen molar-refractivity contribution in [3.8, 4) is 0 Å². The minimum atomic E-state index is -0.456. The van der Waals surface area contributed by atoms with Crippen LogP contribution in [-0.4, -0.2) is 17.4 Å². The summed E-state index contributed by atoms with van der Waals surface area (Å²) in [4.78, 5) is 23.8. The molecule has 0 saturated carbocycles. The molecular weight excluding hydrogens is 335 g/mol. The van der Waals surface area contributed by atoms with Crippen LogP contribution in [0.25, 0.3) is 0 Å². The molecule has 5 heteroatoms. The van der Waals surface area contributed by atoms with Crippen molar-refractivity contribution in [3.63, 3.8) is 0 Å². The number of Topliss-reactive ketones (excluding diaryl/α,β-unsaturated/α-hetero) is 1. The Bertz CT molecular complexity index is 542. The maximum Gasteiger partial charge on any atom is 0.306 e. The van der Waals surface area contributed by atoms with Crippen LogP contribution in [0.5, 0.6) is 0 Å². The van der Waals surface area contributed by atoms with E-state index in [4.69, 9.17) is 27.9 Å². The van der Waals surface area contributed by atoms with Crippen molar-refractivity contribution in [1.29, 1.82) is 0 Å². The van der Waals surface area contributed by atoms with Gasteiger partial charge >= 0.3 is 5.97 Å². The summed E-state index contributed by atoms with van der Waals surface area (Å²) in [5, 5.41) is 0.914. The fourth-order valence-corrected chi connectivity index (χ4v) is 2.66. The number of hydrogen-bond donors (Lipinski definition) is 0. The van der Waals surface area contributed by atoms with Crippen LogP contribution in [0, 0.1) is 5.92 Å². The van der Waals surface area contributed by atoms with Gasteiger partial charge in [0, 0.05) is 28.5 Å². The number of esters is 1. The Labute approximate surface area is 148 Å². The van der Waals surface area contributed by atoms with E-state index in [9.17, 15) is 9.59 Å². The highest BCUT2D eigenvalue weighted by Gasteiger charge is 2.17. The molecular formula is C18H24Cl2O3. The molecule has 0 saturated heterocycles. The monoisotopic (exact) mass is 358 g/mol. The van der Waals surface area contributed by atoms with Crippen LogP contribution in [-0.2, 0) is 9.53 Å². The number of carbonyl (C=O) groups excluding carboxylic acids is 2. The second kappa shape index (κ2) is 8.70. The predicted octanol–water partition coefficient (Wildman–Crippen LogP) is 5.71. The molecule has 0 N–H and O–H groups in total. The van der Waals surface area contributed by atoms with Crippen LogP contribution in [0.3, 0.4) is 0 Å². The maximum atomic E-state index is 12.2. The number of ketones is 1. The molecule has 1 aromatic carbocycles. The standard InChI is InChI=1S/C18H24Cl2O3/c1-12(6-8-17(22)23-18(2,3)4)5-7-16(21)13-9-14(19)11-15(20)10-13/h9-12H,5-8H2,1-4H3. The molecule has 1 rings (SSSR count). The third kappa shape index (κ3) is 8.38. The van der Waals surface area contributed by atoms with Crippen molar-refractivity contribution >= 4 is 35.0 Å². The highest BCUT2D eigenvalue weighted by molar-refractivity contribution is 6.35. The summed E-state index contributed by atoms with van der Waals surface area (Å²) in [5.74, 6) is 0.0805. The van der Waals surface area contributed by atoms with Gasteiger partial charge in [-0.1, -0.05) is 30.1 Å². The molecule has 0 aromatic heterocycles. The molecule has 0 spiro atoms. The van der Waals surface area contributed by atoms with Crippen molar-refractivity contribution < 1.29 is 14.3 Å². The first-order valence-electron chi connectivity index (χ1n) is 7.78. The van der Waals surface area contributed by atoms with Crippen molar-refractivity contribution in [2.45, 2.75) is 59.0 Å². The van der Waals surface area contributed by atoms with Crippen LogP contribution in [0.4, 0.5) is 0 Å². The Morgan fingerprint density at radius 3 is 2.09 bits per heavy atom. The van der Waals surface area contributed by atoms with E-state index in [2.05, 4.69) is 0 Å². The van der Waals surface area contributed by atoms with Gasteiger partial charge in [-0.15, -0.1) is 0 Å². The second-order valence-electron chi connectivity index (χ2n) is 6.85. The Kier molecular flexibility index (Phi) is 7.56. The average molecular weight is 359 g/mol. The fraction of sp³-hybridized carbons (Fsp3) is 0.556. The number of benzene rings is 1. The van der Waals surface area contributed by atoms with Gasteiger partial charge in [-0.25, -0.2) is 0 Å². The maximum absolute atomic E-state index is 12.2. The lowest BCUT2D eigenvalue weighted by Crippen LogP contribution is -2.24. The first-order valence-corrected chi connectivity index (χ1v) is 8.53. The first-order chi connectivity index (χ1) is 10.6. The molecule has 0 aliphatic rings. The van der Waals surface area contributed by atoms with Gasteiger partial charge in [0.25, 0.3) is 0 Å². The smallest absolute Gasteiger partial charge is 0.306 e. The molecule has 1 atom stereocenters. The van der Waals surface area contributed by atoms with Crippen LogP contribution in [0.15, 0.2) is 18.2 Å². The van der Waals surface area contributed by atoms with Gasteiger partial charge in [0.2, 0.25) is 0 Å². The lowest BCUT2D eigenvalue weighted by Gasteiger charge is -2.20. The Morgan fingerprint density at radius 2 is 1.57 bits per heavy atom. The van der Waals surface area contributed by atoms with Gasteiger partial charge < -0.3 is 4.74 Å². The molecule has 1 unspecified atom stereocenters. The predicted molar refractivity (Wildman–Crippen MR) is 94.3 cm³/mol. The third-order valence-electron chi connectivity index (χ3n) is 3.31. The van der Waals surface area contributed by atoms with Gasteiger partial charge in [-0.2, -0.15) is 0 Å². The zero-order valence-electron chi connectivity index (χ0n) is 14.1. The van der Waals surface area contributed by atoms with E-state index in [1.54, 1.807) is 18.2 Å². The van der Waals surface area contributed by atoms with E-state index in [0.29, 0.717) is 41.3 Å². The molecule has 0 amide bonds. The normalized spacial score (nSPS) is 12.8. The fourth-order valence-electron chi connectivity index (χ4n) is 2.14. The molecule has 0 aliphatic heterocycles. The minimum Gasteiger partial charge on any atom is -0.460 e. The lowest BCUT2D eigenvalue weighted by atomic mass is 9.96. The summed E-state index contributed by atoms with van der Waals surface area (Å²) in [5.41, 5.74) is 0.0733. The Balaban J connectivity index is 2.39. The third-order valence-corrected chi connectivity index (χ3v) is 3.75. The molecule has 0 bridgehead atoms. The lowest BCUT2D eigenvalue weighted by molar-refractivity contribution is -0.155. The van der Waals surface area contributed by atoms with Gasteiger partial charge in [-0.05, 0) is 57.7 Å². The zero-order chi connectivity index (χ0) is 17.6. The summed E-state index contributed by atoms with van der Waals surface area (Å²) in [6.07, 6.45) is 2.20. The van der Waals surface area contributed by atoms with Crippen LogP contribution >= 0.6 is 23.2 Å². The van der Waals surface area contributed by atoms with E-state index in [-0.39, 0.29) is 17.7 Å². The molecule has 3 nitrogen and oxygen atoms in total. The minimum absolute atomic E-state index is 0.0125. The number of rotatable bonds is 7. The van der Waals surface area contributed by atoms with Crippen molar-refractivity contribution in [2.24, 2.45) is 5.92 Å². The first kappa shape index (κ1) is 20.0. The highest BCUT2D eigenvalue weighted by Crippen LogP contribution is 2.22. The number of carbonyl (C=O) groups is 2. The molecule has 0 fully saturated rings. The van der Waals surface area contributed by atoms with E-state index in [1.807, 2.05) is 27.7 Å². The molecule has 0 aliphatic carbocycles. The summed E-state index contributed by atoms with van der Waals surface area (Å²) in [7, 11) is 0. The van der Waals surface area contributed by atoms with Crippen molar-refractivity contribution in [1.82, 2.24) is 0 Å². The quantitative estimate of drug-likeness (QED) is 0.462. The zero-order valence-corrected chi connectivity index (χ0v) is 15.6. The summed E-state index contributed by atoms with van der Waals surface area (Å²) in [6, 6.07) is 4.85. The molecule has 0 heterocycles. The van der Waals surface area contributed by atoms with Crippen molar-refractivity contribution in [2.75, 3.05) is 0 Å². The van der Waals surface area contributed by atoms with Gasteiger partial charge in [0.1, 0.15) is 5.60 Å². The highest BCUT2D eigenvalue weighted by atomic mass is 35.5. The largest absolute Gasteiger partial charge is 0.460 e. The number of ether oxygens (including phenoxy) is 1. The van der Waals surface area contributed by atoms with E-state index in [1.165, 1.54) is 0 Å². The topological polar surface area (TPSA) is 43.4 Å². The Morgan fingerprint density at radius 1 is 1.04 bits per heavy atom. The van der Waals surface area contributed by atoms with Gasteiger partial charge in [0.15, 0.2) is 5.78 Å². The van der Waals surface area contributed by atoms with Gasteiger partial charge in [-0.3, -0.25) is 9.59 Å². The molecule has 23 heavy (non-hydrogen) atoms. The van der Waals surface area contributed by atoms with Crippen LogP contribution < -0.4 is 0 Å². The van der Waals surface area contributed by atoms with Crippen LogP contribution in [0.1, 0.15) is 63.7 Å². The Hall–Kier alpha value is -1.06. The summed E-state index contributed by atoms with van der Waals surface area (Å²) < 4.78 is 5.27. The van der Waals surface area contributed by atoms with E-state index >= 15 is 0 Å². The summed E-state index contributed by atoms with van der Waals surface area (Å²) >= 11 is 11.8. The number of hydrogen-bond acceptors (Lipinski definition) is 3. The van der Waals surface area contributed by atoms with Crippen molar-refractivity contribution in [3.05, 3.63) is 33.8 Å². The SMILES string of the molecule is CC(CCC(=O)OC(C)(C)C)CCC(=O)c1cc(Cl)cc(Cl)c1. The summed E-state index contributed by atoms with van der Waals surface area (Å²) in [6.45, 7) is 7.58. The molecule has 1 aromatic rings. The van der Waals surface area contributed by atoms with Crippen LogP contribution in [0.2, 0.25) is 10.0 Å². The average Bonchev–Trinajstić information content (AvgIpc) is 2.39. The molecule has 128 valence electrons. The second-order valence-corrected chi connectivity index (χ2v) is 7.72.